The van der Waals surface area contributed by atoms with Gasteiger partial charge in [0.05, 0.1) is 4.90 Å². The van der Waals surface area contributed by atoms with Crippen LogP contribution in [0.4, 0.5) is 0 Å². The van der Waals surface area contributed by atoms with Gasteiger partial charge in [0.15, 0.2) is 23.0 Å². The topological polar surface area (TPSA) is 126 Å². The van der Waals surface area contributed by atoms with Gasteiger partial charge in [-0.25, -0.2) is 13.4 Å². The number of oxazole rings is 1. The predicted octanol–water partition coefficient (Wildman–Crippen LogP) is -0.442. The van der Waals surface area contributed by atoms with Gasteiger partial charge >= 0.3 is 0 Å². The second-order valence-electron chi connectivity index (χ2n) is 10.1. The smallest absolute Gasteiger partial charge is 0.243 e. The molecular weight excluding hydrogens is 518 g/mol. The third-order valence-electron chi connectivity index (χ3n) is 7.28. The second-order valence-corrected chi connectivity index (χ2v) is 12.0. The monoisotopic (exact) mass is 539 g/mol. The van der Waals surface area contributed by atoms with Gasteiger partial charge in [0.2, 0.25) is 10.0 Å². The summed E-state index contributed by atoms with van der Waals surface area (Å²) in [6.45, 7) is 2.57. The third-order valence-corrected chi connectivity index (χ3v) is 9.06. The summed E-state index contributed by atoms with van der Waals surface area (Å²) in [6.07, 6.45) is -2.47. The summed E-state index contributed by atoms with van der Waals surface area (Å²) in [5, 5.41) is 17.8. The highest BCUT2D eigenvalue weighted by Crippen LogP contribution is 2.41. The largest absolute Gasteiger partial charge is 0.501 e. The molecule has 0 spiro atoms. The number of sulfonamides is 1. The van der Waals surface area contributed by atoms with Crippen LogP contribution in [0.2, 0.25) is 0 Å². The van der Waals surface area contributed by atoms with Crippen LogP contribution in [0.1, 0.15) is 17.6 Å². The summed E-state index contributed by atoms with van der Waals surface area (Å²) in [7, 11) is 19.2. The lowest BCUT2D eigenvalue weighted by molar-refractivity contribution is -0.0744. The van der Waals surface area contributed by atoms with Crippen LogP contribution in [0, 0.1) is 6.92 Å². The summed E-state index contributed by atoms with van der Waals surface area (Å²) in [4.78, 5) is 5.97. The van der Waals surface area contributed by atoms with Crippen molar-refractivity contribution in [1.82, 2.24) is 14.2 Å². The van der Waals surface area contributed by atoms with Crippen molar-refractivity contribution in [3.8, 4) is 11.5 Å². The molecule has 8 radical (unpaired) electrons. The number of rotatable bonds is 5. The van der Waals surface area contributed by atoms with Crippen molar-refractivity contribution >= 4 is 52.5 Å². The van der Waals surface area contributed by atoms with E-state index in [1.165, 1.54) is 22.5 Å². The van der Waals surface area contributed by atoms with Crippen LogP contribution in [-0.2, 0) is 10.0 Å². The van der Waals surface area contributed by atoms with Crippen LogP contribution in [0.15, 0.2) is 56.9 Å². The number of fused-ring (bicyclic) bond motifs is 2. The molecule has 0 fully saturated rings. The zero-order chi connectivity index (χ0) is 27.9. The highest BCUT2D eigenvalue weighted by Gasteiger charge is 2.44. The molecular formula is C24H21B4N3O7S. The van der Waals surface area contributed by atoms with Crippen LogP contribution in [0.5, 0.6) is 11.5 Å². The van der Waals surface area contributed by atoms with Gasteiger partial charge in [-0.05, 0) is 29.3 Å². The Morgan fingerprint density at radius 1 is 0.949 bits per heavy atom. The molecule has 2 aromatic carbocycles. The van der Waals surface area contributed by atoms with E-state index in [4.69, 9.17) is 45.3 Å². The molecule has 0 saturated carbocycles. The van der Waals surface area contributed by atoms with Gasteiger partial charge in [-0.3, -0.25) is 4.90 Å². The van der Waals surface area contributed by atoms with Crippen molar-refractivity contribution in [3.05, 3.63) is 59.0 Å². The molecule has 3 aliphatic rings. The third kappa shape index (κ3) is 4.31. The first-order valence-corrected chi connectivity index (χ1v) is 13.5. The van der Waals surface area contributed by atoms with E-state index in [1.807, 2.05) is 0 Å². The van der Waals surface area contributed by atoms with Crippen LogP contribution in [-0.4, -0.2) is 107 Å². The Hall–Kier alpha value is -2.70. The first-order chi connectivity index (χ1) is 18.3. The molecule has 0 saturated heterocycles. The molecule has 10 nitrogen and oxygen atoms in total. The second kappa shape index (κ2) is 8.90. The lowest BCUT2D eigenvalue weighted by Gasteiger charge is -2.48. The fraction of sp³-hybridized carbons (Fsp3) is 0.375. The van der Waals surface area contributed by atoms with E-state index < -0.39 is 33.2 Å². The number of aliphatic hydroxyl groups is 2. The number of hydrogen-bond donors (Lipinski definition) is 2. The Morgan fingerprint density at radius 2 is 1.59 bits per heavy atom. The first kappa shape index (κ1) is 26.5. The molecule has 15 heteroatoms. The molecule has 2 atom stereocenters. The molecule has 3 aromatic rings. The fourth-order valence-corrected chi connectivity index (χ4v) is 6.54. The normalized spacial score (nSPS) is 22.2. The molecule has 4 heterocycles. The quantitative estimate of drug-likeness (QED) is 0.328. The van der Waals surface area contributed by atoms with Crippen LogP contribution < -0.4 is 9.47 Å². The number of aromatic nitrogens is 1. The van der Waals surface area contributed by atoms with E-state index in [0.717, 1.165) is 11.1 Å². The lowest BCUT2D eigenvalue weighted by Crippen LogP contribution is -2.65. The number of ether oxygens (including phenoxy) is 2. The zero-order valence-electron chi connectivity index (χ0n) is 20.9. The average molecular weight is 539 g/mol. The number of hydrogen-bond acceptors (Lipinski definition) is 9. The summed E-state index contributed by atoms with van der Waals surface area (Å²) in [6, 6.07) is 9.15. The SMILES string of the molecule is [B]C1([B])Oc2ccc(S(=O)(=O)N3CC4=C(CN(C(O)C(O)c5cccc6oc(C)nc56)C4)C3)cc2OC1([B])[B]. The minimum Gasteiger partial charge on any atom is -0.501 e. The average Bonchev–Trinajstić information content (AvgIpc) is 3.55. The predicted molar refractivity (Wildman–Crippen MR) is 143 cm³/mol. The molecule has 39 heavy (non-hydrogen) atoms. The molecule has 6 rings (SSSR count). The maximum Gasteiger partial charge on any atom is 0.243 e. The highest BCUT2D eigenvalue weighted by molar-refractivity contribution is 7.89. The van der Waals surface area contributed by atoms with Gasteiger partial charge in [-0.2, -0.15) is 4.31 Å². The zero-order valence-corrected chi connectivity index (χ0v) is 21.8. The Labute approximate surface area is 230 Å². The van der Waals surface area contributed by atoms with Crippen LogP contribution >= 0.6 is 0 Å². The molecule has 0 aliphatic carbocycles. The van der Waals surface area contributed by atoms with E-state index >= 15 is 0 Å². The van der Waals surface area contributed by atoms with E-state index in [1.54, 1.807) is 30.0 Å². The van der Waals surface area contributed by atoms with Crippen molar-refractivity contribution in [3.63, 3.8) is 0 Å². The Balaban J connectivity index is 1.15. The highest BCUT2D eigenvalue weighted by atomic mass is 32.2. The minimum atomic E-state index is -3.94. The molecule has 192 valence electrons. The molecule has 0 amide bonds. The van der Waals surface area contributed by atoms with Crippen molar-refractivity contribution < 1.29 is 32.5 Å². The number of aliphatic hydroxyl groups excluding tert-OH is 2. The number of benzene rings is 2. The molecule has 1 aromatic heterocycles. The first-order valence-electron chi connectivity index (χ1n) is 12.1. The molecule has 2 unspecified atom stereocenters. The number of nitrogens with zero attached hydrogens (tertiary/aromatic N) is 3. The summed E-state index contributed by atoms with van der Waals surface area (Å²) >= 11 is 0. The Kier molecular flexibility index (Phi) is 6.05. The van der Waals surface area contributed by atoms with Gasteiger partial charge in [-0.15, -0.1) is 0 Å². The van der Waals surface area contributed by atoms with Crippen molar-refractivity contribution in [1.29, 1.82) is 0 Å². The van der Waals surface area contributed by atoms with E-state index in [9.17, 15) is 18.6 Å². The maximum atomic E-state index is 13.4. The maximum absolute atomic E-state index is 13.4. The van der Waals surface area contributed by atoms with Gasteiger partial charge in [0, 0.05) is 55.5 Å². The van der Waals surface area contributed by atoms with Crippen molar-refractivity contribution in [2.75, 3.05) is 26.2 Å². The summed E-state index contributed by atoms with van der Waals surface area (Å²) < 4.78 is 44.6. The van der Waals surface area contributed by atoms with Crippen LogP contribution in [0.25, 0.3) is 11.1 Å². The van der Waals surface area contributed by atoms with Gasteiger partial charge in [0.25, 0.3) is 0 Å². The van der Waals surface area contributed by atoms with Crippen molar-refractivity contribution in [2.24, 2.45) is 0 Å². The molecule has 3 aliphatic heterocycles. The number of aryl methyl sites for hydroxylation is 1. The summed E-state index contributed by atoms with van der Waals surface area (Å²) in [5.74, 6) is 0.553. The van der Waals surface area contributed by atoms with Crippen molar-refractivity contribution in [2.45, 2.75) is 35.0 Å². The fourth-order valence-electron chi connectivity index (χ4n) is 5.10. The van der Waals surface area contributed by atoms with Gasteiger partial charge < -0.3 is 24.1 Å². The minimum absolute atomic E-state index is 0.00657. The van der Waals surface area contributed by atoms with Gasteiger partial charge in [0.1, 0.15) is 49.2 Å². The van der Waals surface area contributed by atoms with Gasteiger partial charge in [-0.1, -0.05) is 12.1 Å². The summed E-state index contributed by atoms with van der Waals surface area (Å²) in [5.41, 5.74) is 3.18. The van der Waals surface area contributed by atoms with E-state index in [2.05, 4.69) is 4.98 Å². The lowest BCUT2D eigenvalue weighted by atomic mass is 9.41. The van der Waals surface area contributed by atoms with E-state index in [-0.39, 0.29) is 29.5 Å². The van der Waals surface area contributed by atoms with E-state index in [0.29, 0.717) is 35.6 Å². The Morgan fingerprint density at radius 3 is 2.26 bits per heavy atom. The Bertz CT molecular complexity index is 1610. The molecule has 2 N–H and O–H groups in total. The molecule has 0 bridgehead atoms. The standard InChI is InChI=1S/C24H21B4N3O7S/c1-12-29-20-16(3-2-4-18(20)36-12)21(32)22(33)30-8-13-10-31(11-14(13)9-30)39(34,35)15-5-6-17-19(7-15)38-24(27,28)23(25,26)37-17/h2-7,21-22,32-33H,8-11H2,1H3. The van der Waals surface area contributed by atoms with Crippen LogP contribution in [0.3, 0.4) is 0 Å². The number of para-hydroxylation sites is 1.